The van der Waals surface area contributed by atoms with Gasteiger partial charge < -0.3 is 4.74 Å². The molecule has 130 valence electrons. The monoisotopic (exact) mass is 387 g/mol. The van der Waals surface area contributed by atoms with Gasteiger partial charge >= 0.3 is 5.97 Å². The lowest BCUT2D eigenvalue weighted by molar-refractivity contribution is -0.140. The maximum absolute atomic E-state index is 12.1. The second kappa shape index (κ2) is 8.62. The van der Waals surface area contributed by atoms with E-state index in [1.807, 2.05) is 12.1 Å². The van der Waals surface area contributed by atoms with Gasteiger partial charge in [0.25, 0.3) is 0 Å². The third-order valence-electron chi connectivity index (χ3n) is 3.31. The number of thiophene rings is 1. The number of nitrogens with one attached hydrogen (secondary N) is 1. The maximum Gasteiger partial charge on any atom is 0.305 e. The number of carbonyl (C=O) groups is 1. The van der Waals surface area contributed by atoms with Gasteiger partial charge in [0.15, 0.2) is 0 Å². The highest BCUT2D eigenvalue weighted by Gasteiger charge is 2.13. The van der Waals surface area contributed by atoms with Crippen LogP contribution in [0.5, 0.6) is 0 Å². The van der Waals surface area contributed by atoms with Crippen LogP contribution >= 0.6 is 22.9 Å². The minimum Gasteiger partial charge on any atom is -0.469 e. The van der Waals surface area contributed by atoms with Crippen LogP contribution in [0.15, 0.2) is 41.3 Å². The number of ether oxygens (including phenoxy) is 1. The highest BCUT2D eigenvalue weighted by Crippen LogP contribution is 2.19. The minimum atomic E-state index is -3.53. The molecular weight excluding hydrogens is 370 g/mol. The summed E-state index contributed by atoms with van der Waals surface area (Å²) in [4.78, 5) is 13.5. The Balaban J connectivity index is 1.84. The molecule has 5 nitrogen and oxygen atoms in total. The number of esters is 1. The molecular formula is C16H18ClNO4S2. The SMILES string of the molecule is COC(=O)CCc1ccc(CCNS(=O)(=O)c2ccc(Cl)cc2)s1. The van der Waals surface area contributed by atoms with Crippen LogP contribution < -0.4 is 4.72 Å². The zero-order valence-corrected chi connectivity index (χ0v) is 15.5. The number of carbonyl (C=O) groups excluding carboxylic acids is 1. The number of benzene rings is 1. The van der Waals surface area contributed by atoms with E-state index in [4.69, 9.17) is 11.6 Å². The van der Waals surface area contributed by atoms with Crippen molar-refractivity contribution in [3.8, 4) is 0 Å². The van der Waals surface area contributed by atoms with Crippen molar-refractivity contribution in [1.82, 2.24) is 4.72 Å². The fourth-order valence-electron chi connectivity index (χ4n) is 2.02. The lowest BCUT2D eigenvalue weighted by Crippen LogP contribution is -2.25. The van der Waals surface area contributed by atoms with Crippen LogP contribution in [0.1, 0.15) is 16.2 Å². The van der Waals surface area contributed by atoms with Crippen LogP contribution in [-0.4, -0.2) is 28.0 Å². The molecule has 0 aliphatic carbocycles. The number of aryl methyl sites for hydroxylation is 1. The summed E-state index contributed by atoms with van der Waals surface area (Å²) in [6, 6.07) is 9.94. The van der Waals surface area contributed by atoms with E-state index in [9.17, 15) is 13.2 Å². The minimum absolute atomic E-state index is 0.192. The van der Waals surface area contributed by atoms with Crippen molar-refractivity contribution in [1.29, 1.82) is 0 Å². The summed E-state index contributed by atoms with van der Waals surface area (Å²) in [5.74, 6) is -0.235. The standard InChI is InChI=1S/C16H18ClNO4S2/c1-22-16(19)9-6-13-4-5-14(23-13)10-11-18-24(20,21)15-7-2-12(17)3-8-15/h2-5,7-8,18H,6,9-11H2,1H3. The average Bonchev–Trinajstić information content (AvgIpc) is 3.00. The first-order valence-electron chi connectivity index (χ1n) is 7.30. The van der Waals surface area contributed by atoms with Crippen LogP contribution in [-0.2, 0) is 32.4 Å². The Morgan fingerprint density at radius 2 is 1.75 bits per heavy atom. The number of rotatable bonds is 8. The Kier molecular flexibility index (Phi) is 6.79. The van der Waals surface area contributed by atoms with Gasteiger partial charge in [-0.15, -0.1) is 11.3 Å². The van der Waals surface area contributed by atoms with Crippen LogP contribution in [0.2, 0.25) is 5.02 Å². The lowest BCUT2D eigenvalue weighted by atomic mass is 10.2. The summed E-state index contributed by atoms with van der Waals surface area (Å²) in [5.41, 5.74) is 0. The Hall–Kier alpha value is -1.41. The van der Waals surface area contributed by atoms with Crippen LogP contribution in [0.3, 0.4) is 0 Å². The largest absolute Gasteiger partial charge is 0.469 e. The highest BCUT2D eigenvalue weighted by molar-refractivity contribution is 7.89. The van der Waals surface area contributed by atoms with E-state index < -0.39 is 10.0 Å². The van der Waals surface area contributed by atoms with Gasteiger partial charge in [-0.3, -0.25) is 4.79 Å². The molecule has 8 heteroatoms. The van der Waals surface area contributed by atoms with Crippen LogP contribution in [0, 0.1) is 0 Å². The molecule has 0 fully saturated rings. The molecule has 0 saturated carbocycles. The van der Waals surface area contributed by atoms with Crippen LogP contribution in [0.4, 0.5) is 0 Å². The predicted octanol–water partition coefficient (Wildman–Crippen LogP) is 3.03. The number of methoxy groups -OCH3 is 1. The van der Waals surface area contributed by atoms with E-state index in [2.05, 4.69) is 9.46 Å². The topological polar surface area (TPSA) is 72.5 Å². The van der Waals surface area contributed by atoms with Gasteiger partial charge in [-0.05, 0) is 49.2 Å². The average molecular weight is 388 g/mol. The summed E-state index contributed by atoms with van der Waals surface area (Å²) in [6.07, 6.45) is 1.57. The fraction of sp³-hybridized carbons (Fsp3) is 0.312. The molecule has 0 bridgehead atoms. The molecule has 1 N–H and O–H groups in total. The Labute approximate surface area is 150 Å². The predicted molar refractivity (Wildman–Crippen MR) is 95.0 cm³/mol. The van der Waals surface area contributed by atoms with Gasteiger partial charge in [0.2, 0.25) is 10.0 Å². The Morgan fingerprint density at radius 1 is 1.12 bits per heavy atom. The van der Waals surface area contributed by atoms with E-state index in [-0.39, 0.29) is 10.9 Å². The van der Waals surface area contributed by atoms with E-state index in [1.165, 1.54) is 19.2 Å². The molecule has 2 aromatic rings. The first-order chi connectivity index (χ1) is 11.4. The Morgan fingerprint density at radius 3 is 2.38 bits per heavy atom. The molecule has 0 radical (unpaired) electrons. The van der Waals surface area contributed by atoms with E-state index in [0.29, 0.717) is 30.8 Å². The molecule has 1 aromatic heterocycles. The van der Waals surface area contributed by atoms with Crippen molar-refractivity contribution in [3.05, 3.63) is 51.2 Å². The van der Waals surface area contributed by atoms with Gasteiger partial charge in [-0.1, -0.05) is 11.6 Å². The smallest absolute Gasteiger partial charge is 0.305 e. The molecule has 0 unspecified atom stereocenters. The molecule has 0 aliphatic rings. The van der Waals surface area contributed by atoms with Gasteiger partial charge in [0.1, 0.15) is 0 Å². The third kappa shape index (κ3) is 5.59. The number of hydrogen-bond acceptors (Lipinski definition) is 5. The zero-order chi connectivity index (χ0) is 17.6. The van der Waals surface area contributed by atoms with Gasteiger partial charge in [-0.2, -0.15) is 0 Å². The first kappa shape index (κ1) is 18.9. The van der Waals surface area contributed by atoms with Crippen molar-refractivity contribution in [2.45, 2.75) is 24.2 Å². The Bertz CT molecular complexity index is 785. The second-order valence-corrected chi connectivity index (χ2v) is 8.50. The summed E-state index contributed by atoms with van der Waals surface area (Å²) >= 11 is 7.33. The molecule has 1 aromatic carbocycles. The molecule has 0 atom stereocenters. The van der Waals surface area contributed by atoms with Crippen molar-refractivity contribution in [2.75, 3.05) is 13.7 Å². The van der Waals surface area contributed by atoms with Crippen molar-refractivity contribution in [3.63, 3.8) is 0 Å². The molecule has 0 aliphatic heterocycles. The first-order valence-corrected chi connectivity index (χ1v) is 9.98. The van der Waals surface area contributed by atoms with Crippen LogP contribution in [0.25, 0.3) is 0 Å². The van der Waals surface area contributed by atoms with E-state index in [0.717, 1.165) is 9.75 Å². The normalized spacial score (nSPS) is 11.4. The number of hydrogen-bond donors (Lipinski definition) is 1. The fourth-order valence-corrected chi connectivity index (χ4v) is 4.20. The maximum atomic E-state index is 12.1. The summed E-state index contributed by atoms with van der Waals surface area (Å²) in [5, 5.41) is 0.493. The lowest BCUT2D eigenvalue weighted by Gasteiger charge is -2.06. The molecule has 24 heavy (non-hydrogen) atoms. The molecule has 1 heterocycles. The van der Waals surface area contributed by atoms with Crippen molar-refractivity contribution >= 4 is 38.9 Å². The molecule has 0 spiro atoms. The zero-order valence-electron chi connectivity index (χ0n) is 13.1. The van der Waals surface area contributed by atoms with Gasteiger partial charge in [-0.25, -0.2) is 13.1 Å². The second-order valence-electron chi connectivity index (χ2n) is 5.05. The van der Waals surface area contributed by atoms with Crippen molar-refractivity contribution in [2.24, 2.45) is 0 Å². The molecule has 0 saturated heterocycles. The third-order valence-corrected chi connectivity index (χ3v) is 6.24. The highest BCUT2D eigenvalue weighted by atomic mass is 35.5. The quantitative estimate of drug-likeness (QED) is 0.706. The van der Waals surface area contributed by atoms with E-state index in [1.54, 1.807) is 23.5 Å². The van der Waals surface area contributed by atoms with Crippen molar-refractivity contribution < 1.29 is 17.9 Å². The number of sulfonamides is 1. The number of halogens is 1. The summed E-state index contributed by atoms with van der Waals surface area (Å²) in [6.45, 7) is 0.307. The van der Waals surface area contributed by atoms with Gasteiger partial charge in [0.05, 0.1) is 18.4 Å². The summed E-state index contributed by atoms with van der Waals surface area (Å²) < 4.78 is 31.5. The van der Waals surface area contributed by atoms with Gasteiger partial charge in [0, 0.05) is 21.3 Å². The molecule has 2 rings (SSSR count). The molecule has 0 amide bonds. The summed E-state index contributed by atoms with van der Waals surface area (Å²) in [7, 11) is -2.16. The van der Waals surface area contributed by atoms with E-state index >= 15 is 0 Å².